The Balaban J connectivity index is 2.69. The Hall–Kier alpha value is -0.380. The molecule has 0 aliphatic carbocycles. The third-order valence-corrected chi connectivity index (χ3v) is 2.37. The van der Waals surface area contributed by atoms with Crippen LogP contribution in [0.3, 0.4) is 0 Å². The minimum Gasteiger partial charge on any atom is -0.451 e. The number of carbonyl (C=O) groups excluding carboxylic acids is 2. The van der Waals surface area contributed by atoms with Gasteiger partial charge in [0.15, 0.2) is 11.4 Å². The van der Waals surface area contributed by atoms with Crippen molar-refractivity contribution in [1.29, 1.82) is 0 Å². The molecule has 0 aromatic carbocycles. The van der Waals surface area contributed by atoms with Crippen LogP contribution in [0, 0.1) is 0 Å². The highest BCUT2D eigenvalue weighted by Crippen LogP contribution is 2.27. The molecule has 0 bridgehead atoms. The molecule has 1 rings (SSSR count). The Morgan fingerprint density at radius 1 is 1.82 bits per heavy atom. The fourth-order valence-corrected chi connectivity index (χ4v) is 1.62. The lowest BCUT2D eigenvalue weighted by molar-refractivity contribution is -0.154. The van der Waals surface area contributed by atoms with E-state index in [9.17, 15) is 9.59 Å². The monoisotopic (exact) mass is 220 g/mol. The number of esters is 1. The van der Waals surface area contributed by atoms with Crippen LogP contribution in [-0.4, -0.2) is 22.7 Å². The maximum atomic E-state index is 11.2. The van der Waals surface area contributed by atoms with Crippen LogP contribution in [0.1, 0.15) is 19.8 Å². The number of cyclic esters (lactones) is 1. The second-order valence-corrected chi connectivity index (χ2v) is 3.32. The second-order valence-electron chi connectivity index (χ2n) is 2.76. The Morgan fingerprint density at radius 2 is 2.45 bits per heavy atom. The van der Waals surface area contributed by atoms with Gasteiger partial charge in [0.1, 0.15) is 0 Å². The number of ether oxygens (including phenoxy) is 1. The van der Waals surface area contributed by atoms with Crippen molar-refractivity contribution in [3.63, 3.8) is 0 Å². The second kappa shape index (κ2) is 2.93. The molecule has 0 N–H and O–H groups in total. The first-order valence-corrected chi connectivity index (χ1v) is 4.52. The number of alkyl halides is 1. The van der Waals surface area contributed by atoms with E-state index in [4.69, 9.17) is 4.74 Å². The summed E-state index contributed by atoms with van der Waals surface area (Å²) in [6.07, 6.45) is 0.867. The van der Waals surface area contributed by atoms with Crippen LogP contribution in [0.15, 0.2) is 0 Å². The summed E-state index contributed by atoms with van der Waals surface area (Å²) in [4.78, 5) is 21.8. The molecular weight excluding hydrogens is 212 g/mol. The van der Waals surface area contributed by atoms with Gasteiger partial charge < -0.3 is 4.74 Å². The van der Waals surface area contributed by atoms with Gasteiger partial charge in [0.2, 0.25) is 0 Å². The van der Waals surface area contributed by atoms with Crippen molar-refractivity contribution >= 4 is 27.7 Å². The van der Waals surface area contributed by atoms with E-state index in [0.29, 0.717) is 12.8 Å². The van der Waals surface area contributed by atoms with Gasteiger partial charge in [-0.05, 0) is 6.92 Å². The summed E-state index contributed by atoms with van der Waals surface area (Å²) in [5.74, 6) is -0.342. The lowest BCUT2D eigenvalue weighted by Crippen LogP contribution is -2.35. The van der Waals surface area contributed by atoms with Gasteiger partial charge in [-0.15, -0.1) is 0 Å². The molecule has 1 heterocycles. The average molecular weight is 221 g/mol. The molecule has 0 spiro atoms. The van der Waals surface area contributed by atoms with Gasteiger partial charge >= 0.3 is 5.97 Å². The lowest BCUT2D eigenvalue weighted by atomic mass is 9.99. The number of carbonyl (C=O) groups is 2. The highest BCUT2D eigenvalue weighted by Gasteiger charge is 2.41. The van der Waals surface area contributed by atoms with Crippen LogP contribution in [0.25, 0.3) is 0 Å². The molecule has 1 aliphatic heterocycles. The molecule has 1 saturated heterocycles. The molecular formula is C7H9BrO3. The van der Waals surface area contributed by atoms with Gasteiger partial charge in [0.25, 0.3) is 0 Å². The van der Waals surface area contributed by atoms with Crippen LogP contribution < -0.4 is 0 Å². The van der Waals surface area contributed by atoms with E-state index in [-0.39, 0.29) is 17.1 Å². The van der Waals surface area contributed by atoms with Crippen LogP contribution in [0.5, 0.6) is 0 Å². The Kier molecular flexibility index (Phi) is 2.32. The normalized spacial score (nSPS) is 30.2. The molecule has 0 radical (unpaired) electrons. The predicted molar refractivity (Wildman–Crippen MR) is 42.5 cm³/mol. The summed E-state index contributed by atoms with van der Waals surface area (Å²) in [5.41, 5.74) is -0.861. The third kappa shape index (κ3) is 1.61. The van der Waals surface area contributed by atoms with E-state index in [1.165, 1.54) is 0 Å². The van der Waals surface area contributed by atoms with Crippen molar-refractivity contribution < 1.29 is 14.3 Å². The van der Waals surface area contributed by atoms with E-state index in [1.54, 1.807) is 6.92 Å². The van der Waals surface area contributed by atoms with E-state index in [0.717, 1.165) is 0 Å². The first-order valence-electron chi connectivity index (χ1n) is 3.39. The number of rotatable bonds is 2. The number of halogens is 1. The van der Waals surface area contributed by atoms with Gasteiger partial charge in [0.05, 0.1) is 5.33 Å². The summed E-state index contributed by atoms with van der Waals surface area (Å²) in [7, 11) is 0. The summed E-state index contributed by atoms with van der Waals surface area (Å²) >= 11 is 3.04. The predicted octanol–water partition coefficient (Wildman–Crippen LogP) is 1.05. The molecule has 1 aliphatic rings. The maximum absolute atomic E-state index is 11.2. The van der Waals surface area contributed by atoms with Crippen LogP contribution >= 0.6 is 15.9 Å². The lowest BCUT2D eigenvalue weighted by Gasteiger charge is -2.18. The minimum atomic E-state index is -0.861. The Labute approximate surface area is 73.2 Å². The highest BCUT2D eigenvalue weighted by atomic mass is 79.9. The smallest absolute Gasteiger partial charge is 0.306 e. The average Bonchev–Trinajstić information content (AvgIpc) is 2.31. The summed E-state index contributed by atoms with van der Waals surface area (Å²) in [5, 5.41) is 0.247. The molecule has 1 unspecified atom stereocenters. The topological polar surface area (TPSA) is 43.4 Å². The molecule has 0 aromatic heterocycles. The minimum absolute atomic E-state index is 0.0663. The molecule has 0 aromatic rings. The molecule has 62 valence electrons. The summed E-state index contributed by atoms with van der Waals surface area (Å²) in [6, 6.07) is 0. The van der Waals surface area contributed by atoms with E-state index in [2.05, 4.69) is 15.9 Å². The van der Waals surface area contributed by atoms with Crippen LogP contribution in [0.4, 0.5) is 0 Å². The Bertz CT molecular complexity index is 202. The number of hydrogen-bond donors (Lipinski definition) is 0. The van der Waals surface area contributed by atoms with Gasteiger partial charge in [-0.1, -0.05) is 15.9 Å². The first-order chi connectivity index (χ1) is 5.08. The van der Waals surface area contributed by atoms with Crippen molar-refractivity contribution in [2.75, 3.05) is 5.33 Å². The third-order valence-electron chi connectivity index (χ3n) is 1.86. The van der Waals surface area contributed by atoms with Gasteiger partial charge in [-0.2, -0.15) is 0 Å². The van der Waals surface area contributed by atoms with Crippen molar-refractivity contribution in [2.24, 2.45) is 0 Å². The van der Waals surface area contributed by atoms with E-state index < -0.39 is 5.60 Å². The Morgan fingerprint density at radius 3 is 2.82 bits per heavy atom. The number of Topliss-reactive ketones (excluding diaryl/α,β-unsaturated/α-hetero) is 1. The van der Waals surface area contributed by atoms with Crippen molar-refractivity contribution in [3.8, 4) is 0 Å². The van der Waals surface area contributed by atoms with Gasteiger partial charge in [0, 0.05) is 12.8 Å². The van der Waals surface area contributed by atoms with E-state index in [1.807, 2.05) is 0 Å². The number of ketones is 1. The molecule has 3 nitrogen and oxygen atoms in total. The highest BCUT2D eigenvalue weighted by molar-refractivity contribution is 9.09. The zero-order chi connectivity index (χ0) is 8.48. The standard InChI is InChI=1S/C7H9BrO3/c1-7(5(9)4-8)3-2-6(10)11-7/h2-4H2,1H3. The van der Waals surface area contributed by atoms with Crippen molar-refractivity contribution in [2.45, 2.75) is 25.4 Å². The maximum Gasteiger partial charge on any atom is 0.306 e. The van der Waals surface area contributed by atoms with Gasteiger partial charge in [-0.25, -0.2) is 0 Å². The summed E-state index contributed by atoms with van der Waals surface area (Å²) < 4.78 is 4.88. The van der Waals surface area contributed by atoms with Crippen LogP contribution in [-0.2, 0) is 14.3 Å². The molecule has 0 saturated carbocycles. The SMILES string of the molecule is CC1(C(=O)CBr)CCC(=O)O1. The first kappa shape index (κ1) is 8.71. The fraction of sp³-hybridized carbons (Fsp3) is 0.714. The summed E-state index contributed by atoms with van der Waals surface area (Å²) in [6.45, 7) is 1.65. The molecule has 1 fully saturated rings. The van der Waals surface area contributed by atoms with Crippen molar-refractivity contribution in [1.82, 2.24) is 0 Å². The fourth-order valence-electron chi connectivity index (χ4n) is 1.03. The largest absolute Gasteiger partial charge is 0.451 e. The molecule has 11 heavy (non-hydrogen) atoms. The molecule has 4 heteroatoms. The van der Waals surface area contributed by atoms with Gasteiger partial charge in [-0.3, -0.25) is 9.59 Å². The van der Waals surface area contributed by atoms with Crippen LogP contribution in [0.2, 0.25) is 0 Å². The van der Waals surface area contributed by atoms with E-state index >= 15 is 0 Å². The number of hydrogen-bond acceptors (Lipinski definition) is 3. The zero-order valence-corrected chi connectivity index (χ0v) is 7.81. The molecule has 1 atom stereocenters. The quantitative estimate of drug-likeness (QED) is 0.517. The zero-order valence-electron chi connectivity index (χ0n) is 6.22. The molecule has 0 amide bonds. The van der Waals surface area contributed by atoms with Crippen molar-refractivity contribution in [3.05, 3.63) is 0 Å².